The molecule has 0 spiro atoms. The van der Waals surface area contributed by atoms with Crippen LogP contribution in [-0.2, 0) is 109 Å². The van der Waals surface area contributed by atoms with Crippen LogP contribution in [0.25, 0.3) is 0 Å². The van der Waals surface area contributed by atoms with E-state index in [2.05, 4.69) is 40.7 Å². The number of aliphatic hydroxyl groups excluding tert-OH is 31. The van der Waals surface area contributed by atoms with Crippen LogP contribution in [0.4, 0.5) is 0 Å². The van der Waals surface area contributed by atoms with E-state index in [-0.39, 0.29) is 17.3 Å². The van der Waals surface area contributed by atoms with E-state index in [1.54, 1.807) is 0 Å². The van der Waals surface area contributed by atoms with Crippen LogP contribution in [0.2, 0.25) is 0 Å². The lowest BCUT2D eigenvalue weighted by atomic mass is 9.33. The van der Waals surface area contributed by atoms with Crippen molar-refractivity contribution >= 4 is 5.97 Å². The van der Waals surface area contributed by atoms with Crippen molar-refractivity contribution in [3.63, 3.8) is 0 Å². The summed E-state index contributed by atoms with van der Waals surface area (Å²) in [5.74, 6) is -1.36. The van der Waals surface area contributed by atoms with E-state index < -0.39 is 430 Å². The number of allylic oxidation sites excluding steroid dienone is 2. The molecule has 4 saturated carbocycles. The molecule has 0 aromatic rings. The van der Waals surface area contributed by atoms with Gasteiger partial charge in [0, 0.05) is 5.41 Å². The second-order valence-electron chi connectivity index (χ2n) is 44.9. The Morgan fingerprint density at radius 2 is 0.730 bits per heavy atom. The lowest BCUT2D eigenvalue weighted by Gasteiger charge is -2.71. The third-order valence-corrected chi connectivity index (χ3v) is 35.5. The number of aliphatic hydroxyl groups is 31. The standard InChI is InChI=1S/C94H154O54/c1-30-46(102)54(110)62(118)78(130-30)141-70-39(24-98)136-82(66(122)59(70)115)142-71-40(25-99)137-83(67(123)60(71)116)148-88(126)94-18-16-89(4,5)20-34(94)33-10-11-44-90(6)14-13-45(91(7,29-100)43(90)12-15-93(44,9)92(33,8)17-19-94)140-87-75(49(105)35(101)26-127-87)146-84-68(124)73(48(104)32(3)131-84)144-77-61(117)52(108)42(27-128-77)138-79-65(121)58(114)72(38(23-97)135-79)143-85-69(125)74(53(109)37(22-96)134-85)145-81-64(120)56(112)51(107)41(139-81)28-129-86-76(57(113)47(103)31(2)132-86)147-80-63(119)55(111)50(106)36(21-95)133-80/h10,30-32,34-87,95-125H,11-29H2,1-9H3. The lowest BCUT2D eigenvalue weighted by molar-refractivity contribution is -0.392. The maximum atomic E-state index is 15.5. The van der Waals surface area contributed by atoms with Gasteiger partial charge < -0.3 is 263 Å². The summed E-state index contributed by atoms with van der Waals surface area (Å²) < 4.78 is 130. The molecule has 148 heavy (non-hydrogen) atoms. The van der Waals surface area contributed by atoms with Crippen molar-refractivity contribution in [1.82, 2.24) is 0 Å². The Labute approximate surface area is 849 Å². The van der Waals surface area contributed by atoms with Gasteiger partial charge in [0.2, 0.25) is 6.29 Å². The van der Waals surface area contributed by atoms with E-state index in [4.69, 9.17) is 104 Å². The largest absolute Gasteiger partial charge is 0.432 e. The average molecular weight is 2150 g/mol. The first-order valence-corrected chi connectivity index (χ1v) is 51.0. The van der Waals surface area contributed by atoms with Crippen LogP contribution in [0.5, 0.6) is 0 Å². The van der Waals surface area contributed by atoms with Gasteiger partial charge in [-0.2, -0.15) is 0 Å². The molecular formula is C94H154O54. The molecule has 54 nitrogen and oxygen atoms in total. The van der Waals surface area contributed by atoms with Gasteiger partial charge in [0.1, 0.15) is 238 Å². The quantitative estimate of drug-likeness (QED) is 0.0188. The summed E-state index contributed by atoms with van der Waals surface area (Å²) in [7, 11) is 0. The smallest absolute Gasteiger partial charge is 0.315 e. The Morgan fingerprint density at radius 3 is 1.28 bits per heavy atom. The van der Waals surface area contributed by atoms with Gasteiger partial charge >= 0.3 is 5.97 Å². The fraction of sp³-hybridized carbons (Fsp3) is 0.968. The number of hydrogen-bond acceptors (Lipinski definition) is 54. The van der Waals surface area contributed by atoms with Gasteiger partial charge in [-0.25, -0.2) is 0 Å². The number of fused-ring (bicyclic) bond motifs is 7. The van der Waals surface area contributed by atoms with Crippen molar-refractivity contribution < 1.29 is 267 Å². The number of ether oxygens (including phenoxy) is 22. The van der Waals surface area contributed by atoms with E-state index in [0.29, 0.717) is 64.2 Å². The van der Waals surface area contributed by atoms with Crippen molar-refractivity contribution in [3.8, 4) is 0 Å². The molecule has 11 aliphatic heterocycles. The number of carbonyl (C=O) groups is 1. The zero-order chi connectivity index (χ0) is 108. The van der Waals surface area contributed by atoms with Crippen molar-refractivity contribution in [2.45, 2.75) is 458 Å². The number of esters is 1. The van der Waals surface area contributed by atoms with Crippen molar-refractivity contribution in [1.29, 1.82) is 0 Å². The summed E-state index contributed by atoms with van der Waals surface area (Å²) in [6.45, 7) is 9.81. The zero-order valence-electron chi connectivity index (χ0n) is 83.2. The molecule has 15 fully saturated rings. The minimum Gasteiger partial charge on any atom is -0.432 e. The minimum absolute atomic E-state index is 0.0264. The van der Waals surface area contributed by atoms with Gasteiger partial charge in [-0.1, -0.05) is 53.2 Å². The molecule has 11 saturated heterocycles. The molecule has 0 bridgehead atoms. The first-order valence-electron chi connectivity index (χ1n) is 51.0. The molecule has 62 unspecified atom stereocenters. The molecular weight excluding hydrogens is 1990 g/mol. The molecule has 854 valence electrons. The van der Waals surface area contributed by atoms with E-state index in [0.717, 1.165) is 5.57 Å². The summed E-state index contributed by atoms with van der Waals surface area (Å²) in [5, 5.41) is 345. The summed E-state index contributed by atoms with van der Waals surface area (Å²) >= 11 is 0. The Balaban J connectivity index is 0.526. The third kappa shape index (κ3) is 21.6. The van der Waals surface area contributed by atoms with Crippen LogP contribution < -0.4 is 0 Å². The van der Waals surface area contributed by atoms with E-state index >= 15 is 4.79 Å². The fourth-order valence-corrected chi connectivity index (χ4v) is 26.0. The molecule has 31 N–H and O–H groups in total. The predicted octanol–water partition coefficient (Wildman–Crippen LogP) is -13.9. The molecule has 16 aliphatic rings. The molecule has 0 amide bonds. The summed E-state index contributed by atoms with van der Waals surface area (Å²) in [4.78, 5) is 15.5. The van der Waals surface area contributed by atoms with Crippen molar-refractivity contribution in [3.05, 3.63) is 11.6 Å². The zero-order valence-corrected chi connectivity index (χ0v) is 83.2. The van der Waals surface area contributed by atoms with Crippen LogP contribution in [-0.4, -0.2) is 555 Å². The van der Waals surface area contributed by atoms with Gasteiger partial charge in [-0.05, 0) is 124 Å². The molecule has 0 radical (unpaired) electrons. The highest BCUT2D eigenvalue weighted by molar-refractivity contribution is 5.79. The molecule has 0 aromatic heterocycles. The second kappa shape index (κ2) is 46.4. The Hall–Kier alpha value is -2.87. The van der Waals surface area contributed by atoms with Gasteiger partial charge in [0.15, 0.2) is 62.9 Å². The maximum absolute atomic E-state index is 15.5. The van der Waals surface area contributed by atoms with Gasteiger partial charge in [-0.3, -0.25) is 4.79 Å². The van der Waals surface area contributed by atoms with Gasteiger partial charge in [0.25, 0.3) is 0 Å². The highest BCUT2D eigenvalue weighted by atomic mass is 16.8. The second-order valence-corrected chi connectivity index (χ2v) is 44.9. The number of hydrogen-bond donors (Lipinski definition) is 31. The molecule has 16 rings (SSSR count). The molecule has 11 heterocycles. The van der Waals surface area contributed by atoms with Gasteiger partial charge in [-0.15, -0.1) is 0 Å². The van der Waals surface area contributed by atoms with Crippen LogP contribution in [0.1, 0.15) is 127 Å². The first kappa shape index (κ1) is 118. The fourth-order valence-electron chi connectivity index (χ4n) is 26.0. The van der Waals surface area contributed by atoms with E-state index in [9.17, 15) is 158 Å². The third-order valence-electron chi connectivity index (χ3n) is 35.5. The average Bonchev–Trinajstić information content (AvgIpc) is 0.671. The lowest BCUT2D eigenvalue weighted by Crippen LogP contribution is -2.67. The van der Waals surface area contributed by atoms with Crippen LogP contribution in [0.15, 0.2) is 11.6 Å². The minimum atomic E-state index is -2.27. The van der Waals surface area contributed by atoms with Crippen molar-refractivity contribution in [2.24, 2.45) is 50.2 Å². The molecule has 54 heteroatoms. The summed E-state index contributed by atoms with van der Waals surface area (Å²) in [5.41, 5.74) is -2.87. The van der Waals surface area contributed by atoms with Crippen LogP contribution in [0.3, 0.4) is 0 Å². The molecule has 0 aromatic carbocycles. The van der Waals surface area contributed by atoms with Crippen LogP contribution >= 0.6 is 0 Å². The monoisotopic (exact) mass is 2150 g/mol. The topological polar surface area (TPSA) is 847 Å². The normalized spacial score (nSPS) is 55.2. The highest BCUT2D eigenvalue weighted by Gasteiger charge is 2.72. The number of rotatable bonds is 29. The van der Waals surface area contributed by atoms with Gasteiger partial charge in [0.05, 0.1) is 89.3 Å². The molecule has 62 atom stereocenters. The first-order chi connectivity index (χ1) is 69.8. The molecule has 5 aliphatic carbocycles. The summed E-state index contributed by atoms with van der Waals surface area (Å²) in [6.07, 6.45) is -91.3. The SMILES string of the molecule is CC1OC(OC2C(CO)OC(OC3C(CO)OC(OC(=O)C45CCC(C)(C)CC4C4=CCC6C7(C)CCC(OC8OCC(O)C(O)C8OC8OC(C)C(O)C(OC9OCC(OC%10OC(CO)C(OC%11OC(CO)C(O)C(OC%12OC(COC%13OC(C)C(O)C(O)C%13OC%13OC(CO)C(O)C(O)C%13O)C(O)C(O)C%12O)C%11O)C(O)C%10O)C(O)C9O)C8O)C(C)(CO)C7CCC6(C)C4(C)CC5)C(O)C3O)C(O)C2O)C(O)C(O)C1O. The Morgan fingerprint density at radius 1 is 0.331 bits per heavy atom. The van der Waals surface area contributed by atoms with Crippen LogP contribution in [0, 0.1) is 50.2 Å². The van der Waals surface area contributed by atoms with E-state index in [1.165, 1.54) is 20.8 Å². The van der Waals surface area contributed by atoms with E-state index in [1.807, 2.05) is 6.92 Å². The predicted molar refractivity (Wildman–Crippen MR) is 476 cm³/mol. The Kier molecular flexibility index (Phi) is 36.9. The van der Waals surface area contributed by atoms with Crippen molar-refractivity contribution in [2.75, 3.05) is 59.5 Å². The maximum Gasteiger partial charge on any atom is 0.315 e. The Bertz CT molecular complexity index is 4330. The summed E-state index contributed by atoms with van der Waals surface area (Å²) in [6, 6.07) is 0. The highest BCUT2D eigenvalue weighted by Crippen LogP contribution is 2.76. The number of carbonyl (C=O) groups excluding carboxylic acids is 1.